The Hall–Kier alpha value is -1.25. The quantitative estimate of drug-likeness (QED) is 0.746. The van der Waals surface area contributed by atoms with Gasteiger partial charge >= 0.3 is 0 Å². The lowest BCUT2D eigenvalue weighted by Gasteiger charge is -2.36. The lowest BCUT2D eigenvalue weighted by molar-refractivity contribution is -0.117. The van der Waals surface area contributed by atoms with Crippen LogP contribution in [0.5, 0.6) is 0 Å². The smallest absolute Gasteiger partial charge is 0.227 e. The van der Waals surface area contributed by atoms with Gasteiger partial charge in [0.25, 0.3) is 0 Å². The highest BCUT2D eigenvalue weighted by Gasteiger charge is 2.25. The zero-order valence-corrected chi connectivity index (χ0v) is 17.4. The standard InChI is InChI=1S/C18H22Cl2N4O2S/c1-13(25)22-27-18-21-5-2-6-24(18)12-15-11-23(7-8-26-15)10-14-3-4-16(19)17(20)9-14/h2-5,9,15H,6-8,10-12H2,1H3,(H,22,25)/t15-/m0/s1. The molecule has 27 heavy (non-hydrogen) atoms. The first kappa shape index (κ1) is 20.5. The van der Waals surface area contributed by atoms with Gasteiger partial charge in [0.05, 0.1) is 22.8 Å². The second-order valence-electron chi connectivity index (χ2n) is 6.44. The van der Waals surface area contributed by atoms with E-state index in [0.29, 0.717) is 23.2 Å². The predicted octanol–water partition coefficient (Wildman–Crippen LogP) is 3.16. The van der Waals surface area contributed by atoms with E-state index in [1.165, 1.54) is 18.9 Å². The van der Waals surface area contributed by atoms with E-state index in [2.05, 4.69) is 19.5 Å². The molecule has 1 fully saturated rings. The molecule has 9 heteroatoms. The summed E-state index contributed by atoms with van der Waals surface area (Å²) < 4.78 is 8.69. The van der Waals surface area contributed by atoms with Gasteiger partial charge in [-0.05, 0) is 23.8 Å². The van der Waals surface area contributed by atoms with Crippen LogP contribution in [0.1, 0.15) is 12.5 Å². The van der Waals surface area contributed by atoms with Crippen molar-refractivity contribution >= 4 is 46.2 Å². The van der Waals surface area contributed by atoms with Gasteiger partial charge in [-0.3, -0.25) is 14.4 Å². The summed E-state index contributed by atoms with van der Waals surface area (Å²) in [5.41, 5.74) is 1.13. The maximum absolute atomic E-state index is 11.2. The molecule has 1 aromatic carbocycles. The number of halogens is 2. The van der Waals surface area contributed by atoms with Gasteiger partial charge in [-0.15, -0.1) is 0 Å². The lowest BCUT2D eigenvalue weighted by atomic mass is 10.2. The zero-order valence-electron chi connectivity index (χ0n) is 15.0. The van der Waals surface area contributed by atoms with Crippen LogP contribution in [-0.4, -0.2) is 59.8 Å². The summed E-state index contributed by atoms with van der Waals surface area (Å²) >= 11 is 13.4. The molecule has 6 nitrogen and oxygen atoms in total. The van der Waals surface area contributed by atoms with E-state index < -0.39 is 0 Å². The minimum absolute atomic E-state index is 0.0659. The van der Waals surface area contributed by atoms with Crippen LogP contribution in [0.3, 0.4) is 0 Å². The van der Waals surface area contributed by atoms with E-state index in [1.54, 1.807) is 6.20 Å². The summed E-state index contributed by atoms with van der Waals surface area (Å²) in [6.45, 7) is 6.13. The molecule has 2 aliphatic rings. The Kier molecular flexibility index (Phi) is 7.43. The third kappa shape index (κ3) is 6.12. The number of nitrogens with one attached hydrogen (secondary N) is 1. The summed E-state index contributed by atoms with van der Waals surface area (Å²) in [7, 11) is 0. The van der Waals surface area contributed by atoms with Gasteiger partial charge in [-0.1, -0.05) is 29.3 Å². The summed E-state index contributed by atoms with van der Waals surface area (Å²) in [4.78, 5) is 20.0. The summed E-state index contributed by atoms with van der Waals surface area (Å²) in [5.74, 6) is -0.0982. The maximum Gasteiger partial charge on any atom is 0.227 e. The number of aliphatic imine (C=N–C) groups is 1. The molecule has 0 spiro atoms. The Labute approximate surface area is 173 Å². The topological polar surface area (TPSA) is 57.2 Å². The molecular formula is C18H22Cl2N4O2S. The van der Waals surface area contributed by atoms with E-state index in [0.717, 1.165) is 36.9 Å². The van der Waals surface area contributed by atoms with Gasteiger partial charge in [0.15, 0.2) is 5.17 Å². The number of carbonyl (C=O) groups excluding carboxylic acids is 1. The normalized spacial score (nSPS) is 20.5. The van der Waals surface area contributed by atoms with E-state index in [1.807, 2.05) is 24.3 Å². The van der Waals surface area contributed by atoms with E-state index in [9.17, 15) is 4.79 Å². The van der Waals surface area contributed by atoms with Crippen LogP contribution in [0.25, 0.3) is 0 Å². The number of amides is 1. The molecule has 0 radical (unpaired) electrons. The van der Waals surface area contributed by atoms with Crippen LogP contribution in [0.15, 0.2) is 35.5 Å². The van der Waals surface area contributed by atoms with E-state index in [-0.39, 0.29) is 12.0 Å². The largest absolute Gasteiger partial charge is 0.374 e. The lowest BCUT2D eigenvalue weighted by Crippen LogP contribution is -2.48. The molecule has 0 unspecified atom stereocenters. The minimum atomic E-state index is -0.0982. The predicted molar refractivity (Wildman–Crippen MR) is 111 cm³/mol. The van der Waals surface area contributed by atoms with Crippen molar-refractivity contribution < 1.29 is 9.53 Å². The van der Waals surface area contributed by atoms with Gasteiger partial charge in [0.1, 0.15) is 0 Å². The Bertz CT molecular complexity index is 744. The molecule has 2 aliphatic heterocycles. The first-order chi connectivity index (χ1) is 13.0. The SMILES string of the molecule is CC(=O)NSC1=NC=CCN1C[C@@H]1CN(Cc2ccc(Cl)c(Cl)c2)CCO1. The summed E-state index contributed by atoms with van der Waals surface area (Å²) in [5, 5.41) is 1.93. The first-order valence-electron chi connectivity index (χ1n) is 8.70. The number of morpholine rings is 1. The fraction of sp³-hybridized carbons (Fsp3) is 0.444. The number of hydrogen-bond acceptors (Lipinski definition) is 6. The van der Waals surface area contributed by atoms with Crippen LogP contribution in [0, 0.1) is 0 Å². The Morgan fingerprint density at radius 1 is 1.41 bits per heavy atom. The van der Waals surface area contributed by atoms with Crippen molar-refractivity contribution in [2.24, 2.45) is 4.99 Å². The highest BCUT2D eigenvalue weighted by Crippen LogP contribution is 2.24. The fourth-order valence-electron chi connectivity index (χ4n) is 2.99. The molecule has 0 aromatic heterocycles. The summed E-state index contributed by atoms with van der Waals surface area (Å²) in [6, 6.07) is 5.75. The maximum atomic E-state index is 11.2. The molecule has 0 bridgehead atoms. The molecule has 0 aliphatic carbocycles. The first-order valence-corrected chi connectivity index (χ1v) is 10.3. The molecule has 0 saturated carbocycles. The van der Waals surface area contributed by atoms with Crippen LogP contribution in [0.4, 0.5) is 0 Å². The van der Waals surface area contributed by atoms with Crippen molar-refractivity contribution in [3.05, 3.63) is 46.1 Å². The number of ether oxygens (including phenoxy) is 1. The van der Waals surface area contributed by atoms with Gasteiger partial charge in [0.2, 0.25) is 5.91 Å². The second-order valence-corrected chi connectivity index (χ2v) is 8.03. The van der Waals surface area contributed by atoms with Gasteiger partial charge in [-0.2, -0.15) is 0 Å². The van der Waals surface area contributed by atoms with E-state index in [4.69, 9.17) is 27.9 Å². The van der Waals surface area contributed by atoms with Crippen molar-refractivity contribution in [3.8, 4) is 0 Å². The van der Waals surface area contributed by atoms with Crippen molar-refractivity contribution in [2.75, 3.05) is 32.8 Å². The van der Waals surface area contributed by atoms with Crippen molar-refractivity contribution in [1.29, 1.82) is 0 Å². The van der Waals surface area contributed by atoms with Gasteiger partial charge in [0, 0.05) is 57.8 Å². The molecule has 1 amide bonds. The van der Waals surface area contributed by atoms with Crippen molar-refractivity contribution in [2.45, 2.75) is 19.6 Å². The number of hydrogen-bond donors (Lipinski definition) is 1. The number of amidine groups is 1. The Balaban J connectivity index is 1.55. The Morgan fingerprint density at radius 3 is 3.04 bits per heavy atom. The minimum Gasteiger partial charge on any atom is -0.374 e. The number of nitrogens with zero attached hydrogens (tertiary/aromatic N) is 3. The molecule has 1 aromatic rings. The molecule has 2 heterocycles. The third-order valence-electron chi connectivity index (χ3n) is 4.21. The molecule has 1 N–H and O–H groups in total. The highest BCUT2D eigenvalue weighted by atomic mass is 35.5. The monoisotopic (exact) mass is 428 g/mol. The molecular weight excluding hydrogens is 407 g/mol. The van der Waals surface area contributed by atoms with Crippen LogP contribution >= 0.6 is 35.1 Å². The number of rotatable bonds is 4. The third-order valence-corrected chi connectivity index (χ3v) is 5.88. The molecule has 1 atom stereocenters. The number of benzene rings is 1. The Morgan fingerprint density at radius 2 is 2.26 bits per heavy atom. The fourth-order valence-corrected chi connectivity index (χ4v) is 3.94. The van der Waals surface area contributed by atoms with Crippen LogP contribution in [-0.2, 0) is 16.1 Å². The highest BCUT2D eigenvalue weighted by molar-refractivity contribution is 8.12. The van der Waals surface area contributed by atoms with Gasteiger partial charge in [-0.25, -0.2) is 4.99 Å². The molecule has 3 rings (SSSR count). The number of carbonyl (C=O) groups is 1. The van der Waals surface area contributed by atoms with Crippen LogP contribution in [0.2, 0.25) is 10.0 Å². The second kappa shape index (κ2) is 9.80. The molecule has 1 saturated heterocycles. The molecule has 146 valence electrons. The average molecular weight is 429 g/mol. The van der Waals surface area contributed by atoms with Crippen LogP contribution < -0.4 is 4.72 Å². The summed E-state index contributed by atoms with van der Waals surface area (Å²) in [6.07, 6.45) is 3.82. The van der Waals surface area contributed by atoms with E-state index >= 15 is 0 Å². The van der Waals surface area contributed by atoms with Crippen molar-refractivity contribution in [1.82, 2.24) is 14.5 Å². The van der Waals surface area contributed by atoms with Crippen molar-refractivity contribution in [3.63, 3.8) is 0 Å². The zero-order chi connectivity index (χ0) is 19.2. The average Bonchev–Trinajstić information content (AvgIpc) is 2.64. The van der Waals surface area contributed by atoms with Gasteiger partial charge < -0.3 is 9.64 Å².